The number of hydrogen-bond acceptors (Lipinski definition) is 4. The number of hydrogen-bond donors (Lipinski definition) is 1. The molecule has 0 spiro atoms. The maximum Gasteiger partial charge on any atom is 0.270 e. The van der Waals surface area contributed by atoms with Crippen molar-refractivity contribution >= 4 is 40.7 Å². The molecule has 0 saturated heterocycles. The Morgan fingerprint density at radius 3 is 2.46 bits per heavy atom. The molecule has 4 aromatic rings. The lowest BCUT2D eigenvalue weighted by Crippen LogP contribution is -2.28. The standard InChI is InChI=1S/C26H22Cl3N3O3/c1-34-18-9-10-19(25(14-18)35-2)22-15-24(32(31-22)23-6-4-3-5-20(23)28)26(33)30-12-11-16-7-8-17(27)13-21(16)29/h3-10,13-15H,11-12H2,1-2H3,(H,30,33). The van der Waals surface area contributed by atoms with Crippen molar-refractivity contribution < 1.29 is 14.3 Å². The first-order valence-corrected chi connectivity index (χ1v) is 11.8. The molecule has 1 N–H and O–H groups in total. The Labute approximate surface area is 218 Å². The van der Waals surface area contributed by atoms with Crippen molar-refractivity contribution in [2.24, 2.45) is 0 Å². The molecule has 0 saturated carbocycles. The van der Waals surface area contributed by atoms with Gasteiger partial charge in [-0.1, -0.05) is 53.0 Å². The molecule has 0 atom stereocenters. The van der Waals surface area contributed by atoms with E-state index in [1.165, 1.54) is 4.68 Å². The van der Waals surface area contributed by atoms with Gasteiger partial charge in [0.2, 0.25) is 0 Å². The number of aromatic nitrogens is 2. The topological polar surface area (TPSA) is 65.4 Å². The monoisotopic (exact) mass is 529 g/mol. The van der Waals surface area contributed by atoms with E-state index in [9.17, 15) is 4.79 Å². The Balaban J connectivity index is 1.67. The minimum absolute atomic E-state index is 0.304. The number of benzene rings is 3. The zero-order valence-electron chi connectivity index (χ0n) is 19.0. The van der Waals surface area contributed by atoms with Gasteiger partial charge < -0.3 is 14.8 Å². The van der Waals surface area contributed by atoms with E-state index in [-0.39, 0.29) is 5.91 Å². The molecule has 1 amide bonds. The normalized spacial score (nSPS) is 10.8. The van der Waals surface area contributed by atoms with E-state index >= 15 is 0 Å². The Morgan fingerprint density at radius 1 is 0.943 bits per heavy atom. The number of methoxy groups -OCH3 is 2. The third kappa shape index (κ3) is 5.56. The first-order valence-electron chi connectivity index (χ1n) is 10.7. The summed E-state index contributed by atoms with van der Waals surface area (Å²) in [4.78, 5) is 13.3. The van der Waals surface area contributed by atoms with Crippen LogP contribution in [0.25, 0.3) is 16.9 Å². The Bertz CT molecular complexity index is 1370. The second kappa shape index (κ2) is 11.0. The van der Waals surface area contributed by atoms with Gasteiger partial charge in [0.05, 0.1) is 30.6 Å². The summed E-state index contributed by atoms with van der Waals surface area (Å²) in [5.41, 5.74) is 3.06. The van der Waals surface area contributed by atoms with Crippen LogP contribution < -0.4 is 14.8 Å². The van der Waals surface area contributed by atoms with Crippen molar-refractivity contribution in [3.8, 4) is 28.4 Å². The van der Waals surface area contributed by atoms with Crippen LogP contribution in [-0.2, 0) is 6.42 Å². The zero-order chi connectivity index (χ0) is 24.9. The minimum Gasteiger partial charge on any atom is -0.497 e. The van der Waals surface area contributed by atoms with Crippen LogP contribution in [0.3, 0.4) is 0 Å². The summed E-state index contributed by atoms with van der Waals surface area (Å²) in [5, 5.41) is 9.23. The lowest BCUT2D eigenvalue weighted by molar-refractivity contribution is 0.0946. The number of carbonyl (C=O) groups is 1. The molecular weight excluding hydrogens is 509 g/mol. The van der Waals surface area contributed by atoms with Gasteiger partial charge in [-0.15, -0.1) is 0 Å². The van der Waals surface area contributed by atoms with Gasteiger partial charge in [0, 0.05) is 28.2 Å². The van der Waals surface area contributed by atoms with Gasteiger partial charge in [-0.05, 0) is 54.4 Å². The molecule has 3 aromatic carbocycles. The summed E-state index contributed by atoms with van der Waals surface area (Å²) >= 11 is 18.7. The number of nitrogens with one attached hydrogen (secondary N) is 1. The maximum absolute atomic E-state index is 13.3. The van der Waals surface area contributed by atoms with E-state index in [0.717, 1.165) is 5.56 Å². The van der Waals surface area contributed by atoms with E-state index in [4.69, 9.17) is 49.4 Å². The molecule has 0 radical (unpaired) electrons. The molecule has 0 aliphatic heterocycles. The number of ether oxygens (including phenoxy) is 2. The average Bonchev–Trinajstić information content (AvgIpc) is 3.30. The molecular formula is C26H22Cl3N3O3. The number of rotatable bonds is 8. The van der Waals surface area contributed by atoms with Crippen LogP contribution in [0.15, 0.2) is 66.7 Å². The molecule has 0 fully saturated rings. The van der Waals surface area contributed by atoms with Crippen LogP contribution in [0.4, 0.5) is 0 Å². The molecule has 35 heavy (non-hydrogen) atoms. The summed E-state index contributed by atoms with van der Waals surface area (Å²) in [5.74, 6) is 0.911. The molecule has 0 aliphatic rings. The highest BCUT2D eigenvalue weighted by atomic mass is 35.5. The minimum atomic E-state index is -0.304. The van der Waals surface area contributed by atoms with E-state index in [1.807, 2.05) is 30.3 Å². The largest absolute Gasteiger partial charge is 0.497 e. The van der Waals surface area contributed by atoms with Crippen LogP contribution in [0, 0.1) is 0 Å². The van der Waals surface area contributed by atoms with Crippen molar-refractivity contribution in [2.45, 2.75) is 6.42 Å². The third-order valence-electron chi connectivity index (χ3n) is 5.40. The summed E-state index contributed by atoms with van der Waals surface area (Å²) in [6.45, 7) is 0.370. The Kier molecular flexibility index (Phi) is 7.86. The predicted octanol–water partition coefficient (Wildman–Crippen LogP) is 6.49. The van der Waals surface area contributed by atoms with E-state index < -0.39 is 0 Å². The van der Waals surface area contributed by atoms with Gasteiger partial charge in [0.1, 0.15) is 17.2 Å². The fourth-order valence-corrected chi connectivity index (χ4v) is 4.34. The number of amides is 1. The van der Waals surface area contributed by atoms with E-state index in [1.54, 1.807) is 50.6 Å². The van der Waals surface area contributed by atoms with Gasteiger partial charge in [0.15, 0.2) is 0 Å². The van der Waals surface area contributed by atoms with Crippen LogP contribution in [0.2, 0.25) is 15.1 Å². The second-order valence-electron chi connectivity index (χ2n) is 7.59. The highest BCUT2D eigenvalue weighted by Gasteiger charge is 2.21. The van der Waals surface area contributed by atoms with Gasteiger partial charge in [-0.2, -0.15) is 5.10 Å². The Morgan fingerprint density at radius 2 is 1.74 bits per heavy atom. The van der Waals surface area contributed by atoms with Crippen molar-refractivity contribution in [2.75, 3.05) is 20.8 Å². The van der Waals surface area contributed by atoms with Gasteiger partial charge in [0.25, 0.3) is 5.91 Å². The van der Waals surface area contributed by atoms with Crippen LogP contribution >= 0.6 is 34.8 Å². The first kappa shape index (κ1) is 24.9. The molecule has 4 rings (SSSR count). The molecule has 9 heteroatoms. The maximum atomic E-state index is 13.3. The van der Waals surface area contributed by atoms with Gasteiger partial charge in [-0.3, -0.25) is 4.79 Å². The second-order valence-corrected chi connectivity index (χ2v) is 8.84. The van der Waals surface area contributed by atoms with Gasteiger partial charge >= 0.3 is 0 Å². The van der Waals surface area contributed by atoms with Crippen LogP contribution in [0.1, 0.15) is 16.1 Å². The molecule has 6 nitrogen and oxygen atoms in total. The van der Waals surface area contributed by atoms with Crippen LogP contribution in [0.5, 0.6) is 11.5 Å². The summed E-state index contributed by atoms with van der Waals surface area (Å²) in [6.07, 6.45) is 0.543. The number of carbonyl (C=O) groups excluding carboxylic acids is 1. The molecule has 1 heterocycles. The number of nitrogens with zero attached hydrogens (tertiary/aromatic N) is 2. The SMILES string of the molecule is COc1ccc(-c2cc(C(=O)NCCc3ccc(Cl)cc3Cl)n(-c3ccccc3Cl)n2)c(OC)c1. The number of para-hydroxylation sites is 1. The predicted molar refractivity (Wildman–Crippen MR) is 140 cm³/mol. The Hall–Kier alpha value is -3.19. The highest BCUT2D eigenvalue weighted by Crippen LogP contribution is 2.34. The van der Waals surface area contributed by atoms with Crippen molar-refractivity contribution in [3.05, 3.63) is 93.1 Å². The van der Waals surface area contributed by atoms with Crippen molar-refractivity contribution in [1.82, 2.24) is 15.1 Å². The summed E-state index contributed by atoms with van der Waals surface area (Å²) in [6, 6.07) is 19.6. The molecule has 0 bridgehead atoms. The third-order valence-corrected chi connectivity index (χ3v) is 6.31. The average molecular weight is 531 g/mol. The molecule has 180 valence electrons. The highest BCUT2D eigenvalue weighted by molar-refractivity contribution is 6.35. The van der Waals surface area contributed by atoms with Gasteiger partial charge in [-0.25, -0.2) is 4.68 Å². The van der Waals surface area contributed by atoms with Crippen molar-refractivity contribution in [3.63, 3.8) is 0 Å². The lowest BCUT2D eigenvalue weighted by atomic mass is 10.1. The molecule has 1 aromatic heterocycles. The summed E-state index contributed by atoms with van der Waals surface area (Å²) < 4.78 is 12.4. The first-order chi connectivity index (χ1) is 16.9. The lowest BCUT2D eigenvalue weighted by Gasteiger charge is -2.10. The quantitative estimate of drug-likeness (QED) is 0.283. The summed E-state index contributed by atoms with van der Waals surface area (Å²) in [7, 11) is 3.15. The van der Waals surface area contributed by atoms with Crippen molar-refractivity contribution in [1.29, 1.82) is 0 Å². The molecule has 0 unspecified atom stereocenters. The number of halogens is 3. The van der Waals surface area contributed by atoms with Crippen LogP contribution in [-0.4, -0.2) is 36.5 Å². The zero-order valence-corrected chi connectivity index (χ0v) is 21.3. The fraction of sp³-hybridized carbons (Fsp3) is 0.154. The smallest absolute Gasteiger partial charge is 0.270 e. The fourth-order valence-electron chi connectivity index (χ4n) is 3.62. The van der Waals surface area contributed by atoms with E-state index in [0.29, 0.717) is 62.2 Å². The van der Waals surface area contributed by atoms with E-state index in [2.05, 4.69) is 5.32 Å². The molecule has 0 aliphatic carbocycles.